The zero-order valence-corrected chi connectivity index (χ0v) is 22.5. The summed E-state index contributed by atoms with van der Waals surface area (Å²) in [7, 11) is 1.45. The van der Waals surface area contributed by atoms with Crippen LogP contribution in [-0.4, -0.2) is 63.3 Å². The van der Waals surface area contributed by atoms with Crippen molar-refractivity contribution < 1.29 is 32.2 Å². The number of rotatable bonds is 10. The van der Waals surface area contributed by atoms with Crippen LogP contribution in [0.1, 0.15) is 22.3 Å². The van der Waals surface area contributed by atoms with E-state index < -0.39 is 17.8 Å². The Morgan fingerprint density at radius 3 is 2.10 bits per heavy atom. The Labute approximate surface area is 236 Å². The number of hydrogen-bond acceptors (Lipinski definition) is 6. The van der Waals surface area contributed by atoms with Crippen molar-refractivity contribution in [3.05, 3.63) is 77.9 Å². The first kappa shape index (κ1) is 29.7. The van der Waals surface area contributed by atoms with Gasteiger partial charge in [-0.15, -0.1) is 0 Å². The SMILES string of the molecule is COc1cc(NC(=O)Nc2ccc(Nc3ccc(C(F)(F)F)cc3)cc2)ccc1C(=O)NCCCN1CCOCC1. The first-order chi connectivity index (χ1) is 19.7. The van der Waals surface area contributed by atoms with Gasteiger partial charge in [0.2, 0.25) is 0 Å². The molecule has 1 aliphatic rings. The molecular formula is C29H32F3N5O4. The van der Waals surface area contributed by atoms with Crippen LogP contribution < -0.4 is 26.0 Å². The summed E-state index contributed by atoms with van der Waals surface area (Å²) in [4.78, 5) is 27.5. The molecule has 4 N–H and O–H groups in total. The fraction of sp³-hybridized carbons (Fsp3) is 0.310. The molecule has 1 heterocycles. The van der Waals surface area contributed by atoms with E-state index in [2.05, 4.69) is 26.2 Å². The predicted octanol–water partition coefficient (Wildman–Crippen LogP) is 5.55. The van der Waals surface area contributed by atoms with Crippen molar-refractivity contribution in [2.24, 2.45) is 0 Å². The number of hydrogen-bond donors (Lipinski definition) is 4. The van der Waals surface area contributed by atoms with E-state index >= 15 is 0 Å². The first-order valence-corrected chi connectivity index (χ1v) is 13.1. The van der Waals surface area contributed by atoms with Crippen LogP contribution in [0.25, 0.3) is 0 Å². The number of nitrogens with one attached hydrogen (secondary N) is 4. The summed E-state index contributed by atoms with van der Waals surface area (Å²) < 4.78 is 48.9. The lowest BCUT2D eigenvalue weighted by Gasteiger charge is -2.26. The number of amides is 3. The van der Waals surface area contributed by atoms with Gasteiger partial charge >= 0.3 is 12.2 Å². The van der Waals surface area contributed by atoms with Gasteiger partial charge in [0.05, 0.1) is 31.5 Å². The molecule has 0 saturated carbocycles. The lowest BCUT2D eigenvalue weighted by atomic mass is 10.1. The molecule has 3 aromatic rings. The van der Waals surface area contributed by atoms with E-state index in [1.165, 1.54) is 19.2 Å². The second kappa shape index (κ2) is 13.9. The number of nitrogens with zero attached hydrogens (tertiary/aromatic N) is 1. The Bertz CT molecular complexity index is 1310. The highest BCUT2D eigenvalue weighted by molar-refractivity contribution is 6.01. The number of morpholine rings is 1. The van der Waals surface area contributed by atoms with E-state index in [9.17, 15) is 22.8 Å². The smallest absolute Gasteiger partial charge is 0.416 e. The Balaban J connectivity index is 1.25. The van der Waals surface area contributed by atoms with E-state index in [-0.39, 0.29) is 5.91 Å². The highest BCUT2D eigenvalue weighted by Gasteiger charge is 2.29. The molecule has 0 unspecified atom stereocenters. The average molecular weight is 572 g/mol. The number of carbonyl (C=O) groups is 2. The van der Waals surface area contributed by atoms with Gasteiger partial charge in [-0.3, -0.25) is 9.69 Å². The lowest BCUT2D eigenvalue weighted by Crippen LogP contribution is -2.38. The number of benzene rings is 3. The highest BCUT2D eigenvalue weighted by Crippen LogP contribution is 2.30. The molecule has 1 fully saturated rings. The fourth-order valence-electron chi connectivity index (χ4n) is 4.22. The highest BCUT2D eigenvalue weighted by atomic mass is 19.4. The van der Waals surface area contributed by atoms with Gasteiger partial charge in [0, 0.05) is 48.5 Å². The molecule has 3 aromatic carbocycles. The summed E-state index contributed by atoms with van der Waals surface area (Å²) in [6.45, 7) is 4.69. The first-order valence-electron chi connectivity index (χ1n) is 13.1. The molecule has 9 nitrogen and oxygen atoms in total. The summed E-state index contributed by atoms with van der Waals surface area (Å²) in [5.74, 6) is 0.0667. The van der Waals surface area contributed by atoms with Crippen LogP contribution in [0.4, 0.5) is 40.7 Å². The third-order valence-corrected chi connectivity index (χ3v) is 6.39. The topological polar surface area (TPSA) is 104 Å². The minimum Gasteiger partial charge on any atom is -0.496 e. The number of carbonyl (C=O) groups excluding carboxylic acids is 2. The molecule has 1 aliphatic heterocycles. The summed E-state index contributed by atoms with van der Waals surface area (Å²) in [5.41, 5.74) is 1.70. The maximum atomic E-state index is 12.7. The van der Waals surface area contributed by atoms with Crippen LogP contribution >= 0.6 is 0 Å². The van der Waals surface area contributed by atoms with Crippen molar-refractivity contribution >= 4 is 34.7 Å². The Morgan fingerprint density at radius 1 is 0.878 bits per heavy atom. The normalized spacial score (nSPS) is 13.8. The van der Waals surface area contributed by atoms with Crippen molar-refractivity contribution in [3.63, 3.8) is 0 Å². The standard InChI is InChI=1S/C29H32F3N5O4/c1-40-26-19-24(11-12-25(26)27(38)33-13-2-14-37-15-17-41-18-16-37)36-28(39)35-23-9-7-22(8-10-23)34-21-5-3-20(4-6-21)29(30,31)32/h3-12,19,34H,2,13-18H2,1H3,(H,33,38)(H2,35,36,39). The van der Waals surface area contributed by atoms with E-state index in [1.807, 2.05) is 0 Å². The summed E-state index contributed by atoms with van der Waals surface area (Å²) >= 11 is 0. The lowest BCUT2D eigenvalue weighted by molar-refractivity contribution is -0.137. The monoisotopic (exact) mass is 571 g/mol. The summed E-state index contributed by atoms with van der Waals surface area (Å²) in [6.07, 6.45) is -3.57. The van der Waals surface area contributed by atoms with Gasteiger partial charge in [0.15, 0.2) is 0 Å². The van der Waals surface area contributed by atoms with Crippen molar-refractivity contribution in [3.8, 4) is 5.75 Å². The van der Waals surface area contributed by atoms with Crippen molar-refractivity contribution in [1.82, 2.24) is 10.2 Å². The van der Waals surface area contributed by atoms with Gasteiger partial charge in [0.1, 0.15) is 5.75 Å². The largest absolute Gasteiger partial charge is 0.496 e. The fourth-order valence-corrected chi connectivity index (χ4v) is 4.22. The van der Waals surface area contributed by atoms with Gasteiger partial charge in [-0.2, -0.15) is 13.2 Å². The number of urea groups is 1. The van der Waals surface area contributed by atoms with Crippen LogP contribution in [-0.2, 0) is 10.9 Å². The number of ether oxygens (including phenoxy) is 2. The van der Waals surface area contributed by atoms with Crippen LogP contribution in [0.3, 0.4) is 0 Å². The number of methoxy groups -OCH3 is 1. The van der Waals surface area contributed by atoms with Crippen molar-refractivity contribution in [2.75, 3.05) is 62.5 Å². The average Bonchev–Trinajstić information content (AvgIpc) is 2.96. The molecule has 12 heteroatoms. The molecule has 0 aliphatic carbocycles. The molecular weight excluding hydrogens is 539 g/mol. The maximum absolute atomic E-state index is 12.7. The Kier molecular flexibility index (Phi) is 10.0. The third kappa shape index (κ3) is 8.85. The van der Waals surface area contributed by atoms with Crippen LogP contribution in [0.2, 0.25) is 0 Å². The molecule has 4 rings (SSSR count). The molecule has 1 saturated heterocycles. The van der Waals surface area contributed by atoms with Crippen molar-refractivity contribution in [1.29, 1.82) is 0 Å². The summed E-state index contributed by atoms with van der Waals surface area (Å²) in [6, 6.07) is 15.6. The minimum atomic E-state index is -4.39. The Morgan fingerprint density at radius 2 is 1.46 bits per heavy atom. The van der Waals surface area contributed by atoms with Crippen LogP contribution in [0.5, 0.6) is 5.75 Å². The maximum Gasteiger partial charge on any atom is 0.416 e. The number of halogens is 3. The Hall–Kier alpha value is -4.29. The second-order valence-corrected chi connectivity index (χ2v) is 9.34. The predicted molar refractivity (Wildman–Crippen MR) is 151 cm³/mol. The number of alkyl halides is 3. The van der Waals surface area contributed by atoms with E-state index in [0.717, 1.165) is 51.4 Å². The number of anilines is 4. The molecule has 0 radical (unpaired) electrons. The zero-order chi connectivity index (χ0) is 29.2. The third-order valence-electron chi connectivity index (χ3n) is 6.39. The van der Waals surface area contributed by atoms with Gasteiger partial charge in [-0.1, -0.05) is 0 Å². The van der Waals surface area contributed by atoms with E-state index in [1.54, 1.807) is 42.5 Å². The molecule has 0 atom stereocenters. The zero-order valence-electron chi connectivity index (χ0n) is 22.5. The van der Waals surface area contributed by atoms with Crippen LogP contribution in [0, 0.1) is 0 Å². The molecule has 218 valence electrons. The molecule has 3 amide bonds. The van der Waals surface area contributed by atoms with Gasteiger partial charge < -0.3 is 30.7 Å². The van der Waals surface area contributed by atoms with Crippen molar-refractivity contribution in [2.45, 2.75) is 12.6 Å². The van der Waals surface area contributed by atoms with Gasteiger partial charge in [0.25, 0.3) is 5.91 Å². The molecule has 0 aromatic heterocycles. The van der Waals surface area contributed by atoms with Gasteiger partial charge in [-0.25, -0.2) is 4.79 Å². The van der Waals surface area contributed by atoms with E-state index in [0.29, 0.717) is 40.6 Å². The second-order valence-electron chi connectivity index (χ2n) is 9.34. The summed E-state index contributed by atoms with van der Waals surface area (Å²) in [5, 5.41) is 11.3. The molecule has 41 heavy (non-hydrogen) atoms. The molecule has 0 spiro atoms. The molecule has 0 bridgehead atoms. The van der Waals surface area contributed by atoms with Crippen LogP contribution in [0.15, 0.2) is 66.7 Å². The quantitative estimate of drug-likeness (QED) is 0.238. The van der Waals surface area contributed by atoms with Gasteiger partial charge in [-0.05, 0) is 73.6 Å². The minimum absolute atomic E-state index is 0.259. The van der Waals surface area contributed by atoms with E-state index in [4.69, 9.17) is 9.47 Å².